The van der Waals surface area contributed by atoms with Crippen LogP contribution in [0.4, 0.5) is 0 Å². The molecule has 0 fully saturated rings. The Morgan fingerprint density at radius 3 is 2.50 bits per heavy atom. The second-order valence-corrected chi connectivity index (χ2v) is 3.59. The van der Waals surface area contributed by atoms with Gasteiger partial charge in [-0.25, -0.2) is 4.68 Å². The summed E-state index contributed by atoms with van der Waals surface area (Å²) < 4.78 is 1.30. The number of hydrogen-bond donors (Lipinski definition) is 1. The molecular weight excluding hydrogens is 204 g/mol. The van der Waals surface area contributed by atoms with Crippen molar-refractivity contribution in [3.05, 3.63) is 35.9 Å². The Morgan fingerprint density at radius 1 is 1.31 bits per heavy atom. The largest absolute Gasteiger partial charge is 0.493 e. The van der Waals surface area contributed by atoms with E-state index in [1.54, 1.807) is 7.05 Å². The number of Topliss-reactive ketones (excluding diaryl/α,β-unsaturated/α-hetero) is 1. The molecule has 1 aromatic heterocycles. The third kappa shape index (κ3) is 1.58. The Balaban J connectivity index is 2.66. The summed E-state index contributed by atoms with van der Waals surface area (Å²) >= 11 is 0. The van der Waals surface area contributed by atoms with Gasteiger partial charge in [0.1, 0.15) is 11.3 Å². The zero-order valence-corrected chi connectivity index (χ0v) is 9.14. The number of nitrogens with zero attached hydrogens (tertiary/aromatic N) is 2. The van der Waals surface area contributed by atoms with E-state index in [1.807, 2.05) is 30.3 Å². The Morgan fingerprint density at radius 2 is 1.94 bits per heavy atom. The van der Waals surface area contributed by atoms with Gasteiger partial charge in [0, 0.05) is 12.6 Å². The number of carbonyl (C=O) groups excluding carboxylic acids is 1. The van der Waals surface area contributed by atoms with Crippen molar-refractivity contribution in [2.24, 2.45) is 7.05 Å². The number of aromatic nitrogens is 2. The van der Waals surface area contributed by atoms with Crippen LogP contribution in [0.15, 0.2) is 30.3 Å². The summed E-state index contributed by atoms with van der Waals surface area (Å²) in [5.74, 6) is -0.282. The van der Waals surface area contributed by atoms with Crippen molar-refractivity contribution in [1.29, 1.82) is 0 Å². The predicted octanol–water partition coefficient (Wildman–Crippen LogP) is 2.00. The standard InChI is InChI=1S/C12H12N2O2/c1-8(15)10-11(13-14(2)12(10)16)9-6-4-3-5-7-9/h3-7,16H,1-2H3. The quantitative estimate of drug-likeness (QED) is 0.781. The van der Waals surface area contributed by atoms with Crippen LogP contribution in [0.3, 0.4) is 0 Å². The minimum Gasteiger partial charge on any atom is -0.493 e. The molecule has 1 heterocycles. The first-order valence-corrected chi connectivity index (χ1v) is 4.93. The fourth-order valence-corrected chi connectivity index (χ4v) is 1.64. The topological polar surface area (TPSA) is 55.1 Å². The molecule has 0 saturated heterocycles. The molecule has 0 unspecified atom stereocenters. The maximum atomic E-state index is 11.5. The smallest absolute Gasteiger partial charge is 0.220 e. The normalized spacial score (nSPS) is 10.4. The Hall–Kier alpha value is -2.10. The molecule has 0 aliphatic carbocycles. The lowest BCUT2D eigenvalue weighted by Crippen LogP contribution is -1.93. The molecule has 0 amide bonds. The predicted molar refractivity (Wildman–Crippen MR) is 60.3 cm³/mol. The SMILES string of the molecule is CC(=O)c1c(-c2ccccc2)nn(C)c1O. The van der Waals surface area contributed by atoms with Gasteiger partial charge in [-0.3, -0.25) is 4.79 Å². The van der Waals surface area contributed by atoms with Gasteiger partial charge in [-0.2, -0.15) is 5.10 Å². The fraction of sp³-hybridized carbons (Fsp3) is 0.167. The monoisotopic (exact) mass is 216 g/mol. The van der Waals surface area contributed by atoms with Crippen LogP contribution in [0.5, 0.6) is 5.88 Å². The van der Waals surface area contributed by atoms with Crippen LogP contribution in [-0.4, -0.2) is 20.7 Å². The van der Waals surface area contributed by atoms with Crippen molar-refractivity contribution in [3.8, 4) is 17.1 Å². The van der Waals surface area contributed by atoms with Gasteiger partial charge >= 0.3 is 0 Å². The Kier molecular flexibility index (Phi) is 2.48. The highest BCUT2D eigenvalue weighted by Crippen LogP contribution is 2.29. The van der Waals surface area contributed by atoms with E-state index in [0.29, 0.717) is 5.69 Å². The molecule has 16 heavy (non-hydrogen) atoms. The second-order valence-electron chi connectivity index (χ2n) is 3.59. The summed E-state index contributed by atoms with van der Waals surface area (Å²) in [5, 5.41) is 13.9. The van der Waals surface area contributed by atoms with Gasteiger partial charge in [0.15, 0.2) is 5.78 Å². The molecule has 1 aromatic carbocycles. The van der Waals surface area contributed by atoms with Crippen LogP contribution < -0.4 is 0 Å². The molecule has 0 radical (unpaired) electrons. The van der Waals surface area contributed by atoms with E-state index in [2.05, 4.69) is 5.10 Å². The summed E-state index contributed by atoms with van der Waals surface area (Å²) in [6, 6.07) is 9.33. The van der Waals surface area contributed by atoms with E-state index in [1.165, 1.54) is 11.6 Å². The van der Waals surface area contributed by atoms with E-state index in [9.17, 15) is 9.90 Å². The third-order valence-corrected chi connectivity index (χ3v) is 2.42. The molecule has 82 valence electrons. The van der Waals surface area contributed by atoms with Gasteiger partial charge < -0.3 is 5.11 Å². The van der Waals surface area contributed by atoms with Crippen molar-refractivity contribution < 1.29 is 9.90 Å². The molecule has 4 nitrogen and oxygen atoms in total. The molecular formula is C12H12N2O2. The molecule has 1 N–H and O–H groups in total. The zero-order chi connectivity index (χ0) is 11.7. The van der Waals surface area contributed by atoms with Gasteiger partial charge in [-0.05, 0) is 6.92 Å². The first-order chi connectivity index (χ1) is 7.61. The average molecular weight is 216 g/mol. The van der Waals surface area contributed by atoms with Crippen LogP contribution in [0.25, 0.3) is 11.3 Å². The molecule has 0 bridgehead atoms. The van der Waals surface area contributed by atoms with Crippen LogP contribution in [0, 0.1) is 0 Å². The van der Waals surface area contributed by atoms with Crippen molar-refractivity contribution in [2.45, 2.75) is 6.92 Å². The lowest BCUT2D eigenvalue weighted by atomic mass is 10.1. The highest BCUT2D eigenvalue weighted by molar-refractivity contribution is 6.02. The summed E-state index contributed by atoms with van der Waals surface area (Å²) in [5.41, 5.74) is 1.62. The Labute approximate surface area is 93.1 Å². The van der Waals surface area contributed by atoms with Crippen LogP contribution in [0.2, 0.25) is 0 Å². The van der Waals surface area contributed by atoms with Gasteiger partial charge in [-0.1, -0.05) is 30.3 Å². The van der Waals surface area contributed by atoms with Crippen molar-refractivity contribution in [3.63, 3.8) is 0 Å². The second kappa shape index (κ2) is 3.81. The van der Waals surface area contributed by atoms with E-state index in [-0.39, 0.29) is 17.2 Å². The maximum Gasteiger partial charge on any atom is 0.220 e. The summed E-state index contributed by atoms with van der Waals surface area (Å²) in [7, 11) is 1.61. The van der Waals surface area contributed by atoms with Crippen molar-refractivity contribution >= 4 is 5.78 Å². The molecule has 0 aliphatic rings. The Bertz CT molecular complexity index is 529. The van der Waals surface area contributed by atoms with Crippen LogP contribution in [-0.2, 0) is 7.05 Å². The molecule has 0 atom stereocenters. The number of rotatable bonds is 2. The van der Waals surface area contributed by atoms with Crippen LogP contribution in [0.1, 0.15) is 17.3 Å². The number of carbonyl (C=O) groups is 1. The van der Waals surface area contributed by atoms with E-state index in [4.69, 9.17) is 0 Å². The summed E-state index contributed by atoms with van der Waals surface area (Å²) in [6.07, 6.45) is 0. The summed E-state index contributed by atoms with van der Waals surface area (Å²) in [4.78, 5) is 11.5. The fourth-order valence-electron chi connectivity index (χ4n) is 1.64. The molecule has 0 spiro atoms. The van der Waals surface area contributed by atoms with Gasteiger partial charge in [0.25, 0.3) is 0 Å². The molecule has 4 heteroatoms. The molecule has 0 aliphatic heterocycles. The first kappa shape index (κ1) is 10.4. The van der Waals surface area contributed by atoms with E-state index >= 15 is 0 Å². The lowest BCUT2D eigenvalue weighted by Gasteiger charge is -1.98. The number of ketones is 1. The van der Waals surface area contributed by atoms with Gasteiger partial charge in [0.05, 0.1) is 0 Å². The maximum absolute atomic E-state index is 11.5. The minimum atomic E-state index is -0.190. The molecule has 2 rings (SSSR count). The van der Waals surface area contributed by atoms with Crippen molar-refractivity contribution in [1.82, 2.24) is 9.78 Å². The number of hydrogen-bond acceptors (Lipinski definition) is 3. The minimum absolute atomic E-state index is 0.0913. The third-order valence-electron chi connectivity index (χ3n) is 2.42. The highest BCUT2D eigenvalue weighted by Gasteiger charge is 2.20. The first-order valence-electron chi connectivity index (χ1n) is 4.93. The number of aromatic hydroxyl groups is 1. The zero-order valence-electron chi connectivity index (χ0n) is 9.14. The average Bonchev–Trinajstić information content (AvgIpc) is 2.57. The lowest BCUT2D eigenvalue weighted by molar-refractivity contribution is 0.101. The summed E-state index contributed by atoms with van der Waals surface area (Å²) in [6.45, 7) is 1.42. The van der Waals surface area contributed by atoms with E-state index in [0.717, 1.165) is 5.56 Å². The molecule has 2 aromatic rings. The molecule has 0 saturated carbocycles. The van der Waals surface area contributed by atoms with E-state index < -0.39 is 0 Å². The number of aryl methyl sites for hydroxylation is 1. The highest BCUT2D eigenvalue weighted by atomic mass is 16.3. The van der Waals surface area contributed by atoms with Crippen molar-refractivity contribution in [2.75, 3.05) is 0 Å². The van der Waals surface area contributed by atoms with Crippen LogP contribution >= 0.6 is 0 Å². The van der Waals surface area contributed by atoms with Gasteiger partial charge in [-0.15, -0.1) is 0 Å². The van der Waals surface area contributed by atoms with Gasteiger partial charge in [0.2, 0.25) is 5.88 Å². The number of benzene rings is 1.